The van der Waals surface area contributed by atoms with Gasteiger partial charge in [0.2, 0.25) is 0 Å². The zero-order valence-electron chi connectivity index (χ0n) is 19.7. The predicted octanol–water partition coefficient (Wildman–Crippen LogP) is 4.97. The fourth-order valence-electron chi connectivity index (χ4n) is 3.77. The van der Waals surface area contributed by atoms with Gasteiger partial charge in [-0.05, 0) is 37.1 Å². The molecule has 0 saturated carbocycles. The number of hydrogen-bond donors (Lipinski definition) is 1. The van der Waals surface area contributed by atoms with E-state index in [-0.39, 0.29) is 23.4 Å². The molecular formula is C26H25N3O5S. The molecule has 4 aromatic rings. The van der Waals surface area contributed by atoms with Crippen molar-refractivity contribution in [2.24, 2.45) is 0 Å². The molecular weight excluding hydrogens is 466 g/mol. The summed E-state index contributed by atoms with van der Waals surface area (Å²) in [6, 6.07) is 14.1. The highest BCUT2D eigenvalue weighted by molar-refractivity contribution is 7.15. The summed E-state index contributed by atoms with van der Waals surface area (Å²) >= 11 is 1.22. The summed E-state index contributed by atoms with van der Waals surface area (Å²) < 4.78 is 11.8. The Balaban J connectivity index is 1.78. The van der Waals surface area contributed by atoms with Gasteiger partial charge < -0.3 is 14.8 Å². The topological polar surface area (TPSA) is 99.5 Å². The van der Waals surface area contributed by atoms with Gasteiger partial charge in [0.05, 0.1) is 19.1 Å². The Hall–Kier alpha value is -3.98. The molecule has 0 unspecified atom stereocenters. The Morgan fingerprint density at radius 3 is 2.43 bits per heavy atom. The highest BCUT2D eigenvalue weighted by Crippen LogP contribution is 2.37. The number of nitrogens with one attached hydrogen (secondary N) is 1. The first-order chi connectivity index (χ1) is 17.0. The van der Waals surface area contributed by atoms with E-state index in [0.717, 1.165) is 5.56 Å². The molecule has 4 rings (SSSR count). The molecule has 0 spiro atoms. The zero-order valence-corrected chi connectivity index (χ0v) is 20.5. The first-order valence-corrected chi connectivity index (χ1v) is 12.1. The molecule has 0 aliphatic heterocycles. The number of hydrogen-bond acceptors (Lipinski definition) is 7. The van der Waals surface area contributed by atoms with Crippen molar-refractivity contribution in [2.45, 2.75) is 26.8 Å². The highest BCUT2D eigenvalue weighted by atomic mass is 32.1. The highest BCUT2D eigenvalue weighted by Gasteiger charge is 2.25. The SMILES string of the molecule is CCCn1nc(C(=O)Nc2scc(-c3ccc(OC)cc3)c2C(=O)OCC)c2ccccc2c1=O. The minimum absolute atomic E-state index is 0.114. The summed E-state index contributed by atoms with van der Waals surface area (Å²) in [5.74, 6) is -0.362. The number of thiophene rings is 1. The third-order valence-corrected chi connectivity index (χ3v) is 6.31. The Morgan fingerprint density at radius 2 is 1.77 bits per heavy atom. The standard InChI is InChI=1S/C26H25N3O5S/c1-4-14-29-25(31)19-9-7-6-8-18(19)22(28-29)23(30)27-24-21(26(32)34-5-2)20(15-35-24)16-10-12-17(33-3)13-11-16/h6-13,15H,4-5,14H2,1-3H3,(H,27,30). The van der Waals surface area contributed by atoms with Gasteiger partial charge in [0.25, 0.3) is 11.5 Å². The number of aryl methyl sites for hydroxylation is 1. The van der Waals surface area contributed by atoms with Crippen LogP contribution in [0.1, 0.15) is 41.1 Å². The van der Waals surface area contributed by atoms with Gasteiger partial charge in [-0.25, -0.2) is 9.48 Å². The molecule has 0 aliphatic rings. The van der Waals surface area contributed by atoms with Crippen LogP contribution in [0.25, 0.3) is 21.9 Å². The Labute approximate surface area is 206 Å². The molecule has 0 fully saturated rings. The molecule has 0 atom stereocenters. The molecule has 0 bridgehead atoms. The van der Waals surface area contributed by atoms with Crippen molar-refractivity contribution in [1.29, 1.82) is 0 Å². The average molecular weight is 492 g/mol. The van der Waals surface area contributed by atoms with Crippen LogP contribution >= 0.6 is 11.3 Å². The Bertz CT molecular complexity index is 1440. The Kier molecular flexibility index (Phi) is 7.26. The maximum Gasteiger partial charge on any atom is 0.341 e. The van der Waals surface area contributed by atoms with Crippen LogP contribution in [0.3, 0.4) is 0 Å². The number of aromatic nitrogens is 2. The second-order valence-corrected chi connectivity index (χ2v) is 8.56. The average Bonchev–Trinajstić information content (AvgIpc) is 3.29. The molecule has 0 saturated heterocycles. The van der Waals surface area contributed by atoms with Crippen LogP contribution in [-0.4, -0.2) is 35.4 Å². The van der Waals surface area contributed by atoms with E-state index in [0.29, 0.717) is 40.1 Å². The smallest absolute Gasteiger partial charge is 0.341 e. The van der Waals surface area contributed by atoms with Gasteiger partial charge in [0, 0.05) is 22.9 Å². The molecule has 180 valence electrons. The number of methoxy groups -OCH3 is 1. The second-order valence-electron chi connectivity index (χ2n) is 7.68. The summed E-state index contributed by atoms with van der Waals surface area (Å²) in [5, 5.41) is 10.2. The maximum atomic E-state index is 13.4. The number of benzene rings is 2. The van der Waals surface area contributed by atoms with E-state index in [1.54, 1.807) is 55.8 Å². The fraction of sp³-hybridized carbons (Fsp3) is 0.231. The normalized spacial score (nSPS) is 10.8. The summed E-state index contributed by atoms with van der Waals surface area (Å²) in [4.78, 5) is 39.1. The fourth-order valence-corrected chi connectivity index (χ4v) is 4.72. The Morgan fingerprint density at radius 1 is 1.06 bits per heavy atom. The summed E-state index contributed by atoms with van der Waals surface area (Å²) in [7, 11) is 1.58. The van der Waals surface area contributed by atoms with E-state index >= 15 is 0 Å². The number of amides is 1. The van der Waals surface area contributed by atoms with Gasteiger partial charge in [0.1, 0.15) is 16.3 Å². The largest absolute Gasteiger partial charge is 0.497 e. The minimum Gasteiger partial charge on any atom is -0.497 e. The van der Waals surface area contributed by atoms with Crippen molar-refractivity contribution in [3.05, 3.63) is 75.5 Å². The molecule has 2 aromatic carbocycles. The van der Waals surface area contributed by atoms with Crippen molar-refractivity contribution < 1.29 is 19.1 Å². The van der Waals surface area contributed by atoms with Gasteiger partial charge in [0.15, 0.2) is 5.69 Å². The lowest BCUT2D eigenvalue weighted by Gasteiger charge is -2.12. The predicted molar refractivity (Wildman–Crippen MR) is 137 cm³/mol. The second kappa shape index (κ2) is 10.5. The molecule has 8 nitrogen and oxygen atoms in total. The van der Waals surface area contributed by atoms with Crippen LogP contribution in [0.5, 0.6) is 5.75 Å². The van der Waals surface area contributed by atoms with Crippen molar-refractivity contribution in [2.75, 3.05) is 19.0 Å². The molecule has 0 radical (unpaired) electrons. The summed E-state index contributed by atoms with van der Waals surface area (Å²) in [6.07, 6.45) is 0.690. The van der Waals surface area contributed by atoms with E-state index in [1.807, 2.05) is 19.1 Å². The number of nitrogens with zero attached hydrogens (tertiary/aromatic N) is 2. The van der Waals surface area contributed by atoms with Gasteiger partial charge in [-0.1, -0.05) is 37.3 Å². The van der Waals surface area contributed by atoms with Crippen molar-refractivity contribution in [3.63, 3.8) is 0 Å². The van der Waals surface area contributed by atoms with Crippen molar-refractivity contribution in [3.8, 4) is 16.9 Å². The van der Waals surface area contributed by atoms with Gasteiger partial charge in [-0.15, -0.1) is 11.3 Å². The molecule has 0 aliphatic carbocycles. The lowest BCUT2D eigenvalue weighted by Crippen LogP contribution is -2.27. The van der Waals surface area contributed by atoms with E-state index in [2.05, 4.69) is 10.4 Å². The first kappa shape index (κ1) is 24.2. The van der Waals surface area contributed by atoms with E-state index < -0.39 is 11.9 Å². The van der Waals surface area contributed by atoms with Gasteiger partial charge in [-0.3, -0.25) is 9.59 Å². The van der Waals surface area contributed by atoms with Crippen LogP contribution in [0, 0.1) is 0 Å². The number of esters is 1. The molecule has 1 amide bonds. The van der Waals surface area contributed by atoms with E-state index in [4.69, 9.17) is 9.47 Å². The number of carbonyl (C=O) groups excluding carboxylic acids is 2. The maximum absolute atomic E-state index is 13.4. The number of carbonyl (C=O) groups is 2. The monoisotopic (exact) mass is 491 g/mol. The van der Waals surface area contributed by atoms with Gasteiger partial charge >= 0.3 is 5.97 Å². The van der Waals surface area contributed by atoms with Crippen molar-refractivity contribution >= 4 is 39.0 Å². The van der Waals surface area contributed by atoms with Crippen LogP contribution in [0.2, 0.25) is 0 Å². The van der Waals surface area contributed by atoms with Crippen LogP contribution in [0.15, 0.2) is 58.7 Å². The van der Waals surface area contributed by atoms with Crippen LogP contribution in [0.4, 0.5) is 5.00 Å². The van der Waals surface area contributed by atoms with Crippen molar-refractivity contribution in [1.82, 2.24) is 9.78 Å². The van der Waals surface area contributed by atoms with E-state index in [1.165, 1.54) is 16.0 Å². The number of ether oxygens (including phenoxy) is 2. The number of anilines is 1. The van der Waals surface area contributed by atoms with E-state index in [9.17, 15) is 14.4 Å². The van der Waals surface area contributed by atoms with Gasteiger partial charge in [-0.2, -0.15) is 5.10 Å². The lowest BCUT2D eigenvalue weighted by molar-refractivity contribution is 0.0529. The number of rotatable bonds is 8. The molecule has 2 heterocycles. The number of fused-ring (bicyclic) bond motifs is 1. The third kappa shape index (κ3) is 4.81. The zero-order chi connectivity index (χ0) is 24.9. The van der Waals surface area contributed by atoms with Crippen LogP contribution < -0.4 is 15.6 Å². The molecule has 2 aromatic heterocycles. The lowest BCUT2D eigenvalue weighted by atomic mass is 10.0. The summed E-state index contributed by atoms with van der Waals surface area (Å²) in [5.41, 5.74) is 1.55. The molecule has 9 heteroatoms. The summed E-state index contributed by atoms with van der Waals surface area (Å²) in [6.45, 7) is 4.24. The van der Waals surface area contributed by atoms with Crippen LogP contribution in [-0.2, 0) is 11.3 Å². The minimum atomic E-state index is -0.538. The quantitative estimate of drug-likeness (QED) is 0.349. The first-order valence-electron chi connectivity index (χ1n) is 11.2. The molecule has 1 N–H and O–H groups in total. The third-order valence-electron chi connectivity index (χ3n) is 5.42. The molecule has 35 heavy (non-hydrogen) atoms.